The molecule has 0 saturated carbocycles. The molecule has 14 atom stereocenters. The van der Waals surface area contributed by atoms with Gasteiger partial charge in [-0.05, 0) is 225 Å². The molecular weight excluding hydrogens is 1510 g/mol. The first-order valence-electron chi connectivity index (χ1n) is 44.3. The van der Waals surface area contributed by atoms with E-state index in [0.717, 1.165) is 134 Å². The lowest BCUT2D eigenvalue weighted by Gasteiger charge is -2.37. The molecule has 658 valence electrons. The first-order chi connectivity index (χ1) is 56.5. The zero-order valence-corrected chi connectivity index (χ0v) is 74.6. The number of anilines is 7. The van der Waals surface area contributed by atoms with Gasteiger partial charge in [-0.25, -0.2) is 13.2 Å². The number of piperidine rings is 7. The monoisotopic (exact) mass is 1650 g/mol. The summed E-state index contributed by atoms with van der Waals surface area (Å²) in [4.78, 5) is 46.3. The summed E-state index contributed by atoms with van der Waals surface area (Å²) in [6.07, 6.45) is 15.1. The van der Waals surface area contributed by atoms with E-state index in [9.17, 15) is 48.9 Å². The Morgan fingerprint density at radius 1 is 0.252 bits per heavy atom. The number of alkyl halides is 3. The number of halogens is 3. The third kappa shape index (κ3) is 29.5. The van der Waals surface area contributed by atoms with E-state index in [1.165, 1.54) is 22.7 Å². The molecule has 0 bridgehead atoms. The lowest BCUT2D eigenvalue weighted by Crippen LogP contribution is -2.44. The maximum absolute atomic E-state index is 13.4. The summed E-state index contributed by atoms with van der Waals surface area (Å²) in [5, 5.41) is 66.5. The minimum atomic E-state index is -1.16. The first-order valence-corrected chi connectivity index (χ1v) is 44.3. The number of hydrogen-bond acceptors (Lipinski definition) is 21. The van der Waals surface area contributed by atoms with E-state index >= 15 is 0 Å². The molecule has 0 radical (unpaired) electrons. The maximum atomic E-state index is 13.4. The molecule has 24 heteroatoms. The molecule has 7 aliphatic heterocycles. The Kier molecular flexibility index (Phi) is 38.1. The highest BCUT2D eigenvalue weighted by Gasteiger charge is 2.33. The number of nitrogens with zero attached hydrogens (tertiary/aromatic N) is 14. The zero-order chi connectivity index (χ0) is 86.9. The van der Waals surface area contributed by atoms with Crippen molar-refractivity contribution in [3.8, 4) is 0 Å². The molecule has 7 fully saturated rings. The standard InChI is InChI=1S/4C14H22N2O.3C13H19FN2O/c4*1-10(2)14-5-4-12(9-15-14)16-7-6-13(17)8-11(16)3;3*1-9(2)12-4-3-10(7-15-12)16-6-5-13(17)11(14)8-16/h4*4-5,9-11,13,17H,6-8H2,1-3H3;3*3-4,7,9,11,13,17H,5-6,8H2,1-2H3/t11-,13?;11-,13+;2*11-,13-;2*11-,13+;/m011010./s1. The minimum Gasteiger partial charge on any atom is -0.393 e. The highest BCUT2D eigenvalue weighted by Crippen LogP contribution is 2.33. The second-order valence-electron chi connectivity index (χ2n) is 36.0. The van der Waals surface area contributed by atoms with Gasteiger partial charge in [-0.15, -0.1) is 0 Å². The average Bonchev–Trinajstić information content (AvgIpc) is 0.863. The summed E-state index contributed by atoms with van der Waals surface area (Å²) in [6, 6.07) is 30.5. The van der Waals surface area contributed by atoms with Gasteiger partial charge in [-0.1, -0.05) is 96.9 Å². The van der Waals surface area contributed by atoms with Crippen LogP contribution in [0.5, 0.6) is 0 Å². The smallest absolute Gasteiger partial charge is 0.143 e. The summed E-state index contributed by atoms with van der Waals surface area (Å²) in [5.41, 5.74) is 15.2. The van der Waals surface area contributed by atoms with Gasteiger partial charge in [0, 0.05) is 110 Å². The molecule has 0 spiro atoms. The van der Waals surface area contributed by atoms with Crippen molar-refractivity contribution < 1.29 is 48.9 Å². The van der Waals surface area contributed by atoms with Crippen LogP contribution < -0.4 is 34.3 Å². The van der Waals surface area contributed by atoms with E-state index in [1.54, 1.807) is 18.6 Å². The van der Waals surface area contributed by atoms with Gasteiger partial charge in [-0.3, -0.25) is 34.9 Å². The summed E-state index contributed by atoms with van der Waals surface area (Å²) < 4.78 is 40.2. The summed E-state index contributed by atoms with van der Waals surface area (Å²) in [5.74, 6) is 3.12. The molecule has 119 heavy (non-hydrogen) atoms. The zero-order valence-electron chi connectivity index (χ0n) is 74.6. The minimum absolute atomic E-state index is 0.135. The van der Waals surface area contributed by atoms with Crippen molar-refractivity contribution in [2.24, 2.45) is 0 Å². The predicted octanol–water partition coefficient (Wildman–Crippen LogP) is 16.6. The third-order valence-electron chi connectivity index (χ3n) is 23.9. The lowest BCUT2D eigenvalue weighted by molar-refractivity contribution is 0.0615. The van der Waals surface area contributed by atoms with Crippen molar-refractivity contribution in [3.05, 3.63) is 168 Å². The molecular formula is C95H145F3N14O7. The Labute approximate surface area is 710 Å². The number of hydrogen-bond donors (Lipinski definition) is 7. The van der Waals surface area contributed by atoms with Crippen LogP contribution in [0, 0.1) is 0 Å². The lowest BCUT2D eigenvalue weighted by atomic mass is 10.00. The largest absolute Gasteiger partial charge is 0.393 e. The molecule has 0 aromatic carbocycles. The van der Waals surface area contributed by atoms with Gasteiger partial charge in [0.25, 0.3) is 0 Å². The van der Waals surface area contributed by atoms with Gasteiger partial charge < -0.3 is 70.0 Å². The molecule has 14 heterocycles. The quantitative estimate of drug-likeness (QED) is 0.0534. The Bertz CT molecular complexity index is 3520. The third-order valence-corrected chi connectivity index (χ3v) is 23.9. The van der Waals surface area contributed by atoms with Crippen LogP contribution in [-0.4, -0.2) is 221 Å². The molecule has 7 N–H and O–H groups in total. The van der Waals surface area contributed by atoms with E-state index in [0.29, 0.717) is 104 Å². The van der Waals surface area contributed by atoms with Crippen LogP contribution in [0.25, 0.3) is 0 Å². The van der Waals surface area contributed by atoms with Crippen molar-refractivity contribution in [2.75, 3.05) is 99.7 Å². The second-order valence-corrected chi connectivity index (χ2v) is 36.0. The average molecular weight is 1650 g/mol. The van der Waals surface area contributed by atoms with Crippen LogP contribution in [0.1, 0.15) is 277 Å². The van der Waals surface area contributed by atoms with Crippen LogP contribution in [0.3, 0.4) is 0 Å². The number of aromatic nitrogens is 7. The molecule has 0 aliphatic carbocycles. The molecule has 0 amide bonds. The Morgan fingerprint density at radius 3 is 0.555 bits per heavy atom. The summed E-state index contributed by atoms with van der Waals surface area (Å²) in [7, 11) is 0. The number of aliphatic hydroxyl groups is 7. The van der Waals surface area contributed by atoms with E-state index < -0.39 is 36.8 Å². The SMILES string of the molecule is CC(C)c1ccc(N2CCC(O)C(F)C2)cn1.CC(C)c1ccc(N2CCC(O)C[C@@H]2C)cn1.CC(C)c1ccc(N2CC[C@@H](O)C[C@H]2C)cn1.CC(C)c1ccc(N2CC[C@@H](O)[C@@H](F)C2)cn1.CC(C)c1ccc(N2CC[C@H](O)C[C@@H]2C)cn1.CC(C)c1ccc(N2CC[C@H](O)C[C@H]2C)cn1.CC(C)c1ccc(N2CC[C@H](O)[C@H](F)C2)cn1. The Morgan fingerprint density at radius 2 is 0.420 bits per heavy atom. The van der Waals surface area contributed by atoms with Crippen molar-refractivity contribution in [1.82, 2.24) is 34.9 Å². The number of rotatable bonds is 14. The first kappa shape index (κ1) is 96.6. The van der Waals surface area contributed by atoms with Crippen LogP contribution >= 0.6 is 0 Å². The van der Waals surface area contributed by atoms with E-state index in [-0.39, 0.29) is 44.1 Å². The molecule has 7 saturated heterocycles. The maximum Gasteiger partial charge on any atom is 0.143 e. The van der Waals surface area contributed by atoms with Crippen molar-refractivity contribution in [3.63, 3.8) is 0 Å². The molecule has 21 nitrogen and oxygen atoms in total. The van der Waals surface area contributed by atoms with E-state index in [4.69, 9.17) is 0 Å². The van der Waals surface area contributed by atoms with Crippen LogP contribution in [0.4, 0.5) is 53.0 Å². The van der Waals surface area contributed by atoms with Crippen LogP contribution in [-0.2, 0) is 0 Å². The molecule has 7 aromatic heterocycles. The Balaban J connectivity index is 0.000000173. The fraction of sp³-hybridized carbons (Fsp3) is 0.632. The van der Waals surface area contributed by atoms with Gasteiger partial charge in [0.1, 0.15) is 18.5 Å². The Hall–Kier alpha value is -7.84. The predicted molar refractivity (Wildman–Crippen MR) is 480 cm³/mol. The van der Waals surface area contributed by atoms with Gasteiger partial charge in [0.05, 0.1) is 146 Å². The fourth-order valence-electron chi connectivity index (χ4n) is 15.9. The highest BCUT2D eigenvalue weighted by atomic mass is 19.1. The van der Waals surface area contributed by atoms with E-state index in [1.807, 2.05) is 75.9 Å². The second kappa shape index (κ2) is 47.0. The number of pyridine rings is 7. The number of aliphatic hydroxyl groups excluding tert-OH is 7. The van der Waals surface area contributed by atoms with Crippen molar-refractivity contribution in [2.45, 2.75) is 322 Å². The normalized spacial score (nSPS) is 25.4. The topological polar surface area (TPSA) is 255 Å². The van der Waals surface area contributed by atoms with Gasteiger partial charge in [-0.2, -0.15) is 0 Å². The summed E-state index contributed by atoms with van der Waals surface area (Å²) >= 11 is 0. The van der Waals surface area contributed by atoms with Gasteiger partial charge >= 0.3 is 0 Å². The molecule has 3 unspecified atom stereocenters. The van der Waals surface area contributed by atoms with Crippen LogP contribution in [0.2, 0.25) is 0 Å². The summed E-state index contributed by atoms with van der Waals surface area (Å²) in [6.45, 7) is 45.0. The van der Waals surface area contributed by atoms with Gasteiger partial charge in [0.15, 0.2) is 0 Å². The van der Waals surface area contributed by atoms with Crippen molar-refractivity contribution in [1.29, 1.82) is 0 Å². The van der Waals surface area contributed by atoms with Gasteiger partial charge in [0.2, 0.25) is 0 Å². The fourth-order valence-corrected chi connectivity index (χ4v) is 15.9. The van der Waals surface area contributed by atoms with Crippen LogP contribution in [0.15, 0.2) is 128 Å². The molecule has 7 aliphatic rings. The van der Waals surface area contributed by atoms with E-state index in [2.05, 4.69) is 228 Å². The molecule has 14 rings (SSSR count). The molecule has 7 aromatic rings. The highest BCUT2D eigenvalue weighted by molar-refractivity contribution is 5.51. The van der Waals surface area contributed by atoms with Crippen molar-refractivity contribution >= 4 is 39.8 Å².